The SMILES string of the molecule is CCCCC(CC)(CC)CNC(C)C. The van der Waals surface area contributed by atoms with E-state index in [1.807, 2.05) is 0 Å². The molecule has 1 heteroatoms. The average molecular weight is 199 g/mol. The first kappa shape index (κ1) is 14.0. The highest BCUT2D eigenvalue weighted by molar-refractivity contribution is 4.79. The van der Waals surface area contributed by atoms with Gasteiger partial charge in [0.1, 0.15) is 0 Å². The van der Waals surface area contributed by atoms with Gasteiger partial charge in [-0.3, -0.25) is 0 Å². The Bertz CT molecular complexity index is 125. The minimum absolute atomic E-state index is 0.556. The van der Waals surface area contributed by atoms with Crippen LogP contribution < -0.4 is 5.32 Å². The molecule has 1 nitrogen and oxygen atoms in total. The number of rotatable bonds is 8. The first-order chi connectivity index (χ1) is 6.60. The van der Waals surface area contributed by atoms with Crippen molar-refractivity contribution in [1.82, 2.24) is 5.32 Å². The largest absolute Gasteiger partial charge is 0.314 e. The van der Waals surface area contributed by atoms with E-state index >= 15 is 0 Å². The van der Waals surface area contributed by atoms with E-state index in [0.717, 1.165) is 0 Å². The van der Waals surface area contributed by atoms with Gasteiger partial charge in [-0.1, -0.05) is 47.5 Å². The number of unbranched alkanes of at least 4 members (excludes halogenated alkanes) is 1. The second-order valence-corrected chi connectivity index (χ2v) is 4.85. The monoisotopic (exact) mass is 199 g/mol. The predicted molar refractivity (Wildman–Crippen MR) is 65.7 cm³/mol. The molecule has 0 unspecified atom stereocenters. The maximum Gasteiger partial charge on any atom is 0.00106 e. The molecule has 0 aliphatic carbocycles. The molecule has 0 radical (unpaired) electrons. The van der Waals surface area contributed by atoms with Crippen molar-refractivity contribution in [2.45, 2.75) is 72.8 Å². The van der Waals surface area contributed by atoms with E-state index in [-0.39, 0.29) is 0 Å². The molecule has 0 saturated carbocycles. The smallest absolute Gasteiger partial charge is 0.00106 e. The van der Waals surface area contributed by atoms with Crippen molar-refractivity contribution < 1.29 is 0 Å². The van der Waals surface area contributed by atoms with Crippen molar-refractivity contribution >= 4 is 0 Å². The standard InChI is InChI=1S/C13H29N/c1-6-9-10-13(7-2,8-3)11-14-12(4)5/h12,14H,6-11H2,1-5H3. The van der Waals surface area contributed by atoms with Crippen LogP contribution >= 0.6 is 0 Å². The fourth-order valence-corrected chi connectivity index (χ4v) is 1.91. The molecule has 0 amide bonds. The Morgan fingerprint density at radius 1 is 1.07 bits per heavy atom. The van der Waals surface area contributed by atoms with Gasteiger partial charge < -0.3 is 5.32 Å². The third-order valence-corrected chi connectivity index (χ3v) is 3.45. The van der Waals surface area contributed by atoms with Gasteiger partial charge in [0, 0.05) is 12.6 Å². The normalized spacial score (nSPS) is 12.4. The molecule has 0 aromatic rings. The lowest BCUT2D eigenvalue weighted by Crippen LogP contribution is -2.37. The molecule has 0 aliphatic rings. The van der Waals surface area contributed by atoms with E-state index in [1.54, 1.807) is 0 Å². The topological polar surface area (TPSA) is 12.0 Å². The molecule has 86 valence electrons. The minimum atomic E-state index is 0.556. The second kappa shape index (κ2) is 7.28. The van der Waals surface area contributed by atoms with Crippen LogP contribution in [0.4, 0.5) is 0 Å². The zero-order valence-corrected chi connectivity index (χ0v) is 10.8. The van der Waals surface area contributed by atoms with Gasteiger partial charge >= 0.3 is 0 Å². The molecular formula is C13H29N. The summed E-state index contributed by atoms with van der Waals surface area (Å²) in [5, 5.41) is 3.60. The van der Waals surface area contributed by atoms with Crippen LogP contribution in [0.25, 0.3) is 0 Å². The van der Waals surface area contributed by atoms with Crippen LogP contribution in [0.3, 0.4) is 0 Å². The van der Waals surface area contributed by atoms with Gasteiger partial charge in [-0.25, -0.2) is 0 Å². The Labute approximate surface area is 90.7 Å². The highest BCUT2D eigenvalue weighted by atomic mass is 14.9. The van der Waals surface area contributed by atoms with Gasteiger partial charge in [-0.2, -0.15) is 0 Å². The van der Waals surface area contributed by atoms with Gasteiger partial charge in [0.15, 0.2) is 0 Å². The summed E-state index contributed by atoms with van der Waals surface area (Å²) in [5.74, 6) is 0. The van der Waals surface area contributed by atoms with E-state index < -0.39 is 0 Å². The quantitative estimate of drug-likeness (QED) is 0.623. The van der Waals surface area contributed by atoms with Crippen LogP contribution in [0.5, 0.6) is 0 Å². The van der Waals surface area contributed by atoms with E-state index in [1.165, 1.54) is 38.6 Å². The molecule has 0 aromatic heterocycles. The number of hydrogen-bond donors (Lipinski definition) is 1. The summed E-state index contributed by atoms with van der Waals surface area (Å²) < 4.78 is 0. The molecule has 14 heavy (non-hydrogen) atoms. The third kappa shape index (κ3) is 4.99. The Morgan fingerprint density at radius 3 is 2.00 bits per heavy atom. The maximum absolute atomic E-state index is 3.60. The Balaban J connectivity index is 4.07. The molecular weight excluding hydrogens is 170 g/mol. The van der Waals surface area contributed by atoms with Crippen molar-refractivity contribution in [1.29, 1.82) is 0 Å². The first-order valence-electron chi connectivity index (χ1n) is 6.33. The zero-order chi connectivity index (χ0) is 11.0. The molecule has 0 aromatic carbocycles. The van der Waals surface area contributed by atoms with Crippen molar-refractivity contribution in [3.63, 3.8) is 0 Å². The average Bonchev–Trinajstić information content (AvgIpc) is 2.19. The molecule has 0 heterocycles. The fraction of sp³-hybridized carbons (Fsp3) is 1.00. The van der Waals surface area contributed by atoms with E-state index in [4.69, 9.17) is 0 Å². The summed E-state index contributed by atoms with van der Waals surface area (Å²) in [7, 11) is 0. The van der Waals surface area contributed by atoms with E-state index in [9.17, 15) is 0 Å². The van der Waals surface area contributed by atoms with Gasteiger partial charge in [-0.15, -0.1) is 0 Å². The maximum atomic E-state index is 3.60. The lowest BCUT2D eigenvalue weighted by Gasteiger charge is -2.33. The molecule has 0 rings (SSSR count). The summed E-state index contributed by atoms with van der Waals surface area (Å²) >= 11 is 0. The summed E-state index contributed by atoms with van der Waals surface area (Å²) in [6.07, 6.45) is 6.70. The summed E-state index contributed by atoms with van der Waals surface area (Å²) in [4.78, 5) is 0. The lowest BCUT2D eigenvalue weighted by molar-refractivity contribution is 0.216. The van der Waals surface area contributed by atoms with Crippen LogP contribution in [-0.4, -0.2) is 12.6 Å². The second-order valence-electron chi connectivity index (χ2n) is 4.85. The molecule has 0 atom stereocenters. The fourth-order valence-electron chi connectivity index (χ4n) is 1.91. The van der Waals surface area contributed by atoms with E-state index in [2.05, 4.69) is 39.9 Å². The van der Waals surface area contributed by atoms with Crippen LogP contribution in [0.2, 0.25) is 0 Å². The first-order valence-corrected chi connectivity index (χ1v) is 6.33. The van der Waals surface area contributed by atoms with Crippen LogP contribution in [-0.2, 0) is 0 Å². The molecule has 0 fully saturated rings. The van der Waals surface area contributed by atoms with Crippen molar-refractivity contribution in [2.75, 3.05) is 6.54 Å². The molecule has 0 aliphatic heterocycles. The Morgan fingerprint density at radius 2 is 1.64 bits per heavy atom. The van der Waals surface area contributed by atoms with Gasteiger partial charge in [0.25, 0.3) is 0 Å². The molecule has 0 spiro atoms. The Hall–Kier alpha value is -0.0400. The van der Waals surface area contributed by atoms with Crippen LogP contribution in [0, 0.1) is 5.41 Å². The number of nitrogens with one attached hydrogen (secondary N) is 1. The van der Waals surface area contributed by atoms with Crippen LogP contribution in [0.15, 0.2) is 0 Å². The molecule has 0 bridgehead atoms. The summed E-state index contributed by atoms with van der Waals surface area (Å²) in [5.41, 5.74) is 0.556. The van der Waals surface area contributed by atoms with Crippen molar-refractivity contribution in [3.05, 3.63) is 0 Å². The molecule has 0 saturated heterocycles. The van der Waals surface area contributed by atoms with E-state index in [0.29, 0.717) is 11.5 Å². The van der Waals surface area contributed by atoms with Crippen molar-refractivity contribution in [2.24, 2.45) is 5.41 Å². The zero-order valence-electron chi connectivity index (χ0n) is 10.8. The number of hydrogen-bond acceptors (Lipinski definition) is 1. The Kier molecular flexibility index (Phi) is 7.26. The van der Waals surface area contributed by atoms with Crippen molar-refractivity contribution in [3.8, 4) is 0 Å². The minimum Gasteiger partial charge on any atom is -0.314 e. The summed E-state index contributed by atoms with van der Waals surface area (Å²) in [6, 6.07) is 0.620. The highest BCUT2D eigenvalue weighted by Crippen LogP contribution is 2.31. The molecule has 1 N–H and O–H groups in total. The predicted octanol–water partition coefficient (Wildman–Crippen LogP) is 3.98. The van der Waals surface area contributed by atoms with Crippen LogP contribution in [0.1, 0.15) is 66.7 Å². The third-order valence-electron chi connectivity index (χ3n) is 3.45. The summed E-state index contributed by atoms with van der Waals surface area (Å²) in [6.45, 7) is 12.6. The highest BCUT2D eigenvalue weighted by Gasteiger charge is 2.24. The lowest BCUT2D eigenvalue weighted by atomic mass is 9.77. The van der Waals surface area contributed by atoms with Gasteiger partial charge in [-0.05, 0) is 24.7 Å². The van der Waals surface area contributed by atoms with Gasteiger partial charge in [0.2, 0.25) is 0 Å². The van der Waals surface area contributed by atoms with Gasteiger partial charge in [0.05, 0.1) is 0 Å².